The monoisotopic (exact) mass is 472 g/mol. The summed E-state index contributed by atoms with van der Waals surface area (Å²) < 4.78 is 12.2. The van der Waals surface area contributed by atoms with E-state index in [9.17, 15) is 4.79 Å². The average Bonchev–Trinajstić information content (AvgIpc) is 3.51. The van der Waals surface area contributed by atoms with Crippen molar-refractivity contribution in [2.75, 3.05) is 12.3 Å². The number of amides is 1. The van der Waals surface area contributed by atoms with E-state index in [0.29, 0.717) is 33.7 Å². The van der Waals surface area contributed by atoms with Crippen molar-refractivity contribution in [2.45, 2.75) is 13.8 Å². The first-order valence-electron chi connectivity index (χ1n) is 9.35. The van der Waals surface area contributed by atoms with Crippen LogP contribution in [0.15, 0.2) is 46.1 Å². The minimum atomic E-state index is -0.579. The van der Waals surface area contributed by atoms with E-state index in [4.69, 9.17) is 22.1 Å². The first-order valence-corrected chi connectivity index (χ1v) is 10.5. The fraction of sp³-hybridized carbons (Fsp3) is 0.158. The number of benzene rings is 1. The number of nitrogens with zero attached hydrogens (tertiary/aromatic N) is 6. The molecule has 13 heteroatoms. The Morgan fingerprint density at radius 2 is 2.19 bits per heavy atom. The van der Waals surface area contributed by atoms with Crippen molar-refractivity contribution >= 4 is 40.4 Å². The maximum atomic E-state index is 13.0. The third kappa shape index (κ3) is 4.31. The Labute approximate surface area is 190 Å². The van der Waals surface area contributed by atoms with Crippen LogP contribution in [0.3, 0.4) is 0 Å². The molecule has 0 aliphatic carbocycles. The zero-order valence-corrected chi connectivity index (χ0v) is 18.5. The Kier molecular flexibility index (Phi) is 6.14. The molecule has 0 bridgehead atoms. The number of nitrogens with one attached hydrogen (secondary N) is 1. The van der Waals surface area contributed by atoms with Crippen LogP contribution in [0.2, 0.25) is 4.34 Å². The third-order valence-corrected chi connectivity index (χ3v) is 5.59. The summed E-state index contributed by atoms with van der Waals surface area (Å²) in [6.07, 6.45) is 0. The molecule has 0 unspecified atom stereocenters. The summed E-state index contributed by atoms with van der Waals surface area (Å²) in [4.78, 5) is 13.8. The smallest absolute Gasteiger partial charge is 0.294 e. The van der Waals surface area contributed by atoms with Crippen molar-refractivity contribution in [2.24, 2.45) is 5.10 Å². The molecule has 0 aliphatic heterocycles. The molecule has 32 heavy (non-hydrogen) atoms. The lowest BCUT2D eigenvalue weighted by atomic mass is 10.1. The highest BCUT2D eigenvalue weighted by atomic mass is 35.5. The molecule has 1 aromatic carbocycles. The van der Waals surface area contributed by atoms with Gasteiger partial charge in [-0.2, -0.15) is 9.78 Å². The Morgan fingerprint density at radius 3 is 2.88 bits per heavy atom. The lowest BCUT2D eigenvalue weighted by Gasteiger charge is -2.08. The van der Waals surface area contributed by atoms with E-state index in [1.165, 1.54) is 16.0 Å². The molecule has 0 radical (unpaired) electrons. The van der Waals surface area contributed by atoms with Gasteiger partial charge >= 0.3 is 0 Å². The molecule has 164 valence electrons. The molecule has 0 saturated carbocycles. The second-order valence-corrected chi connectivity index (χ2v) is 8.09. The van der Waals surface area contributed by atoms with E-state index in [1.807, 2.05) is 13.0 Å². The number of halogens is 1. The van der Waals surface area contributed by atoms with Crippen molar-refractivity contribution < 1.29 is 14.2 Å². The summed E-state index contributed by atoms with van der Waals surface area (Å²) in [6, 6.07) is 10.7. The van der Waals surface area contributed by atoms with Crippen LogP contribution in [0.1, 0.15) is 29.2 Å². The number of hydrogen-bond acceptors (Lipinski definition) is 10. The molecule has 0 fully saturated rings. The number of carbonyl (C=O) groups excluding carboxylic acids is 1. The Bertz CT molecular complexity index is 1300. The zero-order valence-electron chi connectivity index (χ0n) is 16.9. The van der Waals surface area contributed by atoms with Crippen LogP contribution in [0.4, 0.5) is 5.82 Å². The standard InChI is InChI=1S/C19H17ClN8O3S/c1-3-30-12-6-4-5-11(9-12)16-15(23-27-28(16)18-17(21)25-31-26-18)19(29)24-22-10(2)13-7-8-14(20)32-13/h4-9H,3H2,1-2H3,(H2,21,25)(H,24,29)/b22-10-. The number of hydrogen-bond donors (Lipinski definition) is 2. The van der Waals surface area contributed by atoms with Gasteiger partial charge in [-0.3, -0.25) is 4.79 Å². The minimum absolute atomic E-state index is 0.00168. The van der Waals surface area contributed by atoms with E-state index < -0.39 is 5.91 Å². The van der Waals surface area contributed by atoms with Gasteiger partial charge < -0.3 is 10.5 Å². The van der Waals surface area contributed by atoms with Crippen LogP contribution in [0, 0.1) is 0 Å². The van der Waals surface area contributed by atoms with Gasteiger partial charge in [0.2, 0.25) is 11.6 Å². The van der Waals surface area contributed by atoms with E-state index in [1.54, 1.807) is 37.3 Å². The molecule has 3 heterocycles. The normalized spacial score (nSPS) is 11.5. The van der Waals surface area contributed by atoms with Crippen molar-refractivity contribution in [3.63, 3.8) is 0 Å². The van der Waals surface area contributed by atoms with Crippen LogP contribution in [0.25, 0.3) is 17.1 Å². The van der Waals surface area contributed by atoms with Crippen LogP contribution < -0.4 is 15.9 Å². The van der Waals surface area contributed by atoms with Crippen molar-refractivity contribution in [1.29, 1.82) is 0 Å². The summed E-state index contributed by atoms with van der Waals surface area (Å²) in [5, 5.41) is 19.6. The van der Waals surface area contributed by atoms with Crippen molar-refractivity contribution in [1.82, 2.24) is 30.7 Å². The summed E-state index contributed by atoms with van der Waals surface area (Å²) >= 11 is 7.32. The van der Waals surface area contributed by atoms with Gasteiger partial charge in [-0.15, -0.1) is 16.4 Å². The molecule has 11 nitrogen and oxygen atoms in total. The highest BCUT2D eigenvalue weighted by Crippen LogP contribution is 2.29. The second-order valence-electron chi connectivity index (χ2n) is 6.37. The fourth-order valence-corrected chi connectivity index (χ4v) is 3.82. The largest absolute Gasteiger partial charge is 0.494 e. The van der Waals surface area contributed by atoms with E-state index in [2.05, 4.69) is 35.8 Å². The Hall–Kier alpha value is -3.77. The van der Waals surface area contributed by atoms with Crippen molar-refractivity contribution in [3.05, 3.63) is 51.3 Å². The predicted molar refractivity (Wildman–Crippen MR) is 119 cm³/mol. The first-order chi connectivity index (χ1) is 15.5. The Morgan fingerprint density at radius 1 is 1.34 bits per heavy atom. The number of hydrazone groups is 1. The van der Waals surface area contributed by atoms with Gasteiger partial charge in [-0.25, -0.2) is 10.1 Å². The Balaban J connectivity index is 1.74. The molecule has 0 atom stereocenters. The molecular weight excluding hydrogens is 456 g/mol. The van der Waals surface area contributed by atoms with Crippen LogP contribution in [-0.4, -0.2) is 43.5 Å². The fourth-order valence-electron chi connectivity index (χ4n) is 2.83. The molecule has 3 N–H and O–H groups in total. The van der Waals surface area contributed by atoms with Gasteiger partial charge in [0.25, 0.3) is 5.91 Å². The third-order valence-electron chi connectivity index (χ3n) is 4.25. The van der Waals surface area contributed by atoms with Gasteiger partial charge in [0.1, 0.15) is 11.4 Å². The topological polar surface area (TPSA) is 146 Å². The summed E-state index contributed by atoms with van der Waals surface area (Å²) in [5.41, 5.74) is 9.85. The SMILES string of the molecule is CCOc1cccc(-c2c(C(=O)N/N=C(/C)c3ccc(Cl)s3)nnn2-c2nonc2N)c1. The maximum absolute atomic E-state index is 13.0. The lowest BCUT2D eigenvalue weighted by molar-refractivity contribution is 0.0950. The molecule has 4 aromatic rings. The number of anilines is 1. The lowest BCUT2D eigenvalue weighted by Crippen LogP contribution is -2.20. The number of ether oxygens (including phenoxy) is 1. The van der Waals surface area contributed by atoms with E-state index in [-0.39, 0.29) is 17.3 Å². The number of aromatic nitrogens is 5. The molecule has 1 amide bonds. The minimum Gasteiger partial charge on any atom is -0.494 e. The molecule has 0 spiro atoms. The van der Waals surface area contributed by atoms with Crippen LogP contribution in [-0.2, 0) is 0 Å². The van der Waals surface area contributed by atoms with Gasteiger partial charge in [0, 0.05) is 5.56 Å². The van der Waals surface area contributed by atoms with Gasteiger partial charge in [-0.1, -0.05) is 28.9 Å². The molecule has 0 aliphatic rings. The van der Waals surface area contributed by atoms with Crippen molar-refractivity contribution in [3.8, 4) is 22.8 Å². The highest BCUT2D eigenvalue weighted by Gasteiger charge is 2.25. The molecule has 3 aromatic heterocycles. The number of nitrogen functional groups attached to an aromatic ring is 1. The first kappa shape index (κ1) is 21.5. The quantitative estimate of drug-likeness (QED) is 0.308. The summed E-state index contributed by atoms with van der Waals surface area (Å²) in [6.45, 7) is 4.11. The number of carbonyl (C=O) groups is 1. The molecule has 0 saturated heterocycles. The number of rotatable bonds is 7. The maximum Gasteiger partial charge on any atom is 0.294 e. The summed E-state index contributed by atoms with van der Waals surface area (Å²) in [7, 11) is 0. The highest BCUT2D eigenvalue weighted by molar-refractivity contribution is 7.18. The van der Waals surface area contributed by atoms with E-state index >= 15 is 0 Å². The zero-order chi connectivity index (χ0) is 22.7. The van der Waals surface area contributed by atoms with Gasteiger partial charge in [0.05, 0.1) is 21.5 Å². The van der Waals surface area contributed by atoms with Gasteiger partial charge in [-0.05, 0) is 48.4 Å². The van der Waals surface area contributed by atoms with E-state index in [0.717, 1.165) is 4.88 Å². The predicted octanol–water partition coefficient (Wildman–Crippen LogP) is 3.17. The van der Waals surface area contributed by atoms with Crippen LogP contribution in [0.5, 0.6) is 5.75 Å². The summed E-state index contributed by atoms with van der Waals surface area (Å²) in [5.74, 6) is 0.123. The molecular formula is C19H17ClN8O3S. The number of thiophene rings is 1. The molecule has 4 rings (SSSR count). The second kappa shape index (κ2) is 9.16. The average molecular weight is 473 g/mol. The van der Waals surface area contributed by atoms with Crippen LogP contribution >= 0.6 is 22.9 Å². The van der Waals surface area contributed by atoms with Gasteiger partial charge in [0.15, 0.2) is 5.69 Å². The number of nitrogens with two attached hydrogens (primary N) is 1.